The zero-order valence-electron chi connectivity index (χ0n) is 8.35. The molecular weight excluding hydrogens is 230 g/mol. The highest BCUT2D eigenvalue weighted by Gasteiger charge is 2.15. The molecule has 0 spiro atoms. The Morgan fingerprint density at radius 3 is 3.00 bits per heavy atom. The molecule has 3 nitrogen and oxygen atoms in total. The van der Waals surface area contributed by atoms with Gasteiger partial charge in [0.05, 0.1) is 10.4 Å². The number of nitrogens with zero attached hydrogens (tertiary/aromatic N) is 2. The van der Waals surface area contributed by atoms with Gasteiger partial charge in [-0.15, -0.1) is 11.3 Å². The van der Waals surface area contributed by atoms with Gasteiger partial charge >= 0.3 is 0 Å². The second-order valence-corrected chi connectivity index (χ2v) is 4.94. The molecule has 15 heavy (non-hydrogen) atoms. The lowest BCUT2D eigenvalue weighted by Gasteiger charge is -2.10. The predicted molar refractivity (Wildman–Crippen MR) is 63.3 cm³/mol. The molecule has 1 unspecified atom stereocenters. The minimum atomic E-state index is -0.183. The van der Waals surface area contributed by atoms with Gasteiger partial charge in [0.25, 0.3) is 0 Å². The van der Waals surface area contributed by atoms with Crippen LogP contribution in [0.4, 0.5) is 0 Å². The molecule has 2 aromatic rings. The van der Waals surface area contributed by atoms with E-state index in [2.05, 4.69) is 11.9 Å². The monoisotopic (exact) mass is 241 g/mol. The lowest BCUT2D eigenvalue weighted by molar-refractivity contribution is 0.661. The normalized spacial score (nSPS) is 13.0. The quantitative estimate of drug-likeness (QED) is 0.898. The van der Waals surface area contributed by atoms with Crippen molar-refractivity contribution in [1.82, 2.24) is 9.55 Å². The van der Waals surface area contributed by atoms with E-state index in [0.717, 1.165) is 21.6 Å². The van der Waals surface area contributed by atoms with Crippen molar-refractivity contribution in [3.05, 3.63) is 39.6 Å². The van der Waals surface area contributed by atoms with Gasteiger partial charge in [0.15, 0.2) is 0 Å². The van der Waals surface area contributed by atoms with E-state index in [0.29, 0.717) is 0 Å². The number of imidazole rings is 1. The minimum absolute atomic E-state index is 0.183. The molecule has 0 bridgehead atoms. The van der Waals surface area contributed by atoms with E-state index in [9.17, 15) is 0 Å². The first-order valence-corrected chi connectivity index (χ1v) is 5.93. The van der Waals surface area contributed by atoms with Gasteiger partial charge in [-0.2, -0.15) is 0 Å². The second-order valence-electron chi connectivity index (χ2n) is 3.19. The van der Waals surface area contributed by atoms with Crippen molar-refractivity contribution >= 4 is 22.9 Å². The Labute approximate surface area is 97.5 Å². The van der Waals surface area contributed by atoms with Crippen LogP contribution < -0.4 is 5.73 Å². The number of hydrogen-bond donors (Lipinski definition) is 1. The van der Waals surface area contributed by atoms with Crippen molar-refractivity contribution in [1.29, 1.82) is 0 Å². The lowest BCUT2D eigenvalue weighted by atomic mass is 10.2. The molecule has 0 aliphatic rings. The first kappa shape index (κ1) is 10.7. The highest BCUT2D eigenvalue weighted by Crippen LogP contribution is 2.28. The SMILES string of the molecule is CCn1ccnc1C(N)c1ccc(Cl)s1. The lowest BCUT2D eigenvalue weighted by Crippen LogP contribution is -2.16. The summed E-state index contributed by atoms with van der Waals surface area (Å²) in [4.78, 5) is 5.32. The number of halogens is 1. The predicted octanol–water partition coefficient (Wildman–Crippen LogP) is 2.67. The van der Waals surface area contributed by atoms with Crippen molar-refractivity contribution < 1.29 is 0 Å². The number of hydrogen-bond acceptors (Lipinski definition) is 3. The van der Waals surface area contributed by atoms with Crippen LogP contribution in [-0.4, -0.2) is 9.55 Å². The van der Waals surface area contributed by atoms with Gasteiger partial charge in [0, 0.05) is 23.8 Å². The molecule has 2 rings (SSSR count). The summed E-state index contributed by atoms with van der Waals surface area (Å²) in [5, 5.41) is 0. The third-order valence-corrected chi connectivity index (χ3v) is 3.58. The van der Waals surface area contributed by atoms with Crippen LogP contribution in [0.3, 0.4) is 0 Å². The Bertz CT molecular complexity index is 449. The summed E-state index contributed by atoms with van der Waals surface area (Å²) in [6, 6.07) is 3.63. The van der Waals surface area contributed by atoms with Gasteiger partial charge in [0.1, 0.15) is 5.82 Å². The van der Waals surface area contributed by atoms with E-state index in [1.165, 1.54) is 11.3 Å². The molecule has 5 heteroatoms. The third-order valence-electron chi connectivity index (χ3n) is 2.27. The fourth-order valence-corrected chi connectivity index (χ4v) is 2.55. The third kappa shape index (κ3) is 2.07. The van der Waals surface area contributed by atoms with E-state index >= 15 is 0 Å². The van der Waals surface area contributed by atoms with Crippen LogP contribution in [0.5, 0.6) is 0 Å². The molecule has 2 aromatic heterocycles. The topological polar surface area (TPSA) is 43.8 Å². The molecule has 0 fully saturated rings. The smallest absolute Gasteiger partial charge is 0.131 e. The maximum atomic E-state index is 6.12. The summed E-state index contributed by atoms with van der Waals surface area (Å²) in [5.74, 6) is 0.885. The Balaban J connectivity index is 2.31. The Morgan fingerprint density at radius 1 is 1.60 bits per heavy atom. The maximum Gasteiger partial charge on any atom is 0.131 e. The molecule has 0 radical (unpaired) electrons. The number of thiophene rings is 1. The maximum absolute atomic E-state index is 6.12. The molecular formula is C10H12ClN3S. The van der Waals surface area contributed by atoms with E-state index in [1.54, 1.807) is 6.20 Å². The number of rotatable bonds is 3. The Hall–Kier alpha value is -0.840. The summed E-state index contributed by atoms with van der Waals surface area (Å²) in [7, 11) is 0. The van der Waals surface area contributed by atoms with Gasteiger partial charge in [0.2, 0.25) is 0 Å². The van der Waals surface area contributed by atoms with E-state index < -0.39 is 0 Å². The Morgan fingerprint density at radius 2 is 2.40 bits per heavy atom. The summed E-state index contributed by atoms with van der Waals surface area (Å²) >= 11 is 7.38. The van der Waals surface area contributed by atoms with Crippen LogP contribution in [-0.2, 0) is 6.54 Å². The van der Waals surface area contributed by atoms with Crippen molar-refractivity contribution in [2.24, 2.45) is 5.73 Å². The average molecular weight is 242 g/mol. The van der Waals surface area contributed by atoms with Crippen LogP contribution in [0.25, 0.3) is 0 Å². The highest BCUT2D eigenvalue weighted by atomic mass is 35.5. The van der Waals surface area contributed by atoms with Crippen molar-refractivity contribution in [3.8, 4) is 0 Å². The molecule has 0 saturated heterocycles. The van der Waals surface area contributed by atoms with Crippen LogP contribution >= 0.6 is 22.9 Å². The Kier molecular flexibility index (Phi) is 3.09. The van der Waals surface area contributed by atoms with Gasteiger partial charge in [-0.25, -0.2) is 4.98 Å². The van der Waals surface area contributed by atoms with Gasteiger partial charge in [-0.05, 0) is 19.1 Å². The number of aryl methyl sites for hydroxylation is 1. The van der Waals surface area contributed by atoms with Crippen LogP contribution in [0.2, 0.25) is 4.34 Å². The minimum Gasteiger partial charge on any atom is -0.334 e. The summed E-state index contributed by atoms with van der Waals surface area (Å²) in [6.07, 6.45) is 3.71. The highest BCUT2D eigenvalue weighted by molar-refractivity contribution is 7.16. The van der Waals surface area contributed by atoms with E-state index in [-0.39, 0.29) is 6.04 Å². The first-order chi connectivity index (χ1) is 7.22. The molecule has 0 amide bonds. The molecule has 2 heterocycles. The van der Waals surface area contributed by atoms with Gasteiger partial charge < -0.3 is 10.3 Å². The van der Waals surface area contributed by atoms with Crippen LogP contribution in [0.15, 0.2) is 24.5 Å². The molecule has 80 valence electrons. The second kappa shape index (κ2) is 4.35. The molecule has 2 N–H and O–H groups in total. The molecule has 0 aromatic carbocycles. The van der Waals surface area contributed by atoms with Crippen LogP contribution in [0.1, 0.15) is 23.7 Å². The van der Waals surface area contributed by atoms with Crippen molar-refractivity contribution in [2.75, 3.05) is 0 Å². The fourth-order valence-electron chi connectivity index (χ4n) is 1.49. The van der Waals surface area contributed by atoms with Crippen molar-refractivity contribution in [3.63, 3.8) is 0 Å². The summed E-state index contributed by atoms with van der Waals surface area (Å²) < 4.78 is 2.80. The molecule has 0 saturated carbocycles. The largest absolute Gasteiger partial charge is 0.334 e. The number of nitrogens with two attached hydrogens (primary N) is 1. The standard InChI is InChI=1S/C10H12ClN3S/c1-2-14-6-5-13-10(14)9(12)7-3-4-8(11)15-7/h3-6,9H,2,12H2,1H3. The van der Waals surface area contributed by atoms with Crippen molar-refractivity contribution in [2.45, 2.75) is 19.5 Å². The first-order valence-electron chi connectivity index (χ1n) is 4.74. The zero-order chi connectivity index (χ0) is 10.8. The van der Waals surface area contributed by atoms with E-state index in [1.807, 2.05) is 22.9 Å². The molecule has 0 aliphatic carbocycles. The summed E-state index contributed by atoms with van der Waals surface area (Å²) in [5.41, 5.74) is 6.12. The van der Waals surface area contributed by atoms with Crippen LogP contribution in [0, 0.1) is 0 Å². The number of aromatic nitrogens is 2. The average Bonchev–Trinajstić information content (AvgIpc) is 2.84. The van der Waals surface area contributed by atoms with Gasteiger partial charge in [-0.3, -0.25) is 0 Å². The zero-order valence-corrected chi connectivity index (χ0v) is 9.92. The fraction of sp³-hybridized carbons (Fsp3) is 0.300. The molecule has 1 atom stereocenters. The summed E-state index contributed by atoms with van der Waals surface area (Å²) in [6.45, 7) is 2.95. The van der Waals surface area contributed by atoms with E-state index in [4.69, 9.17) is 17.3 Å². The molecule has 0 aliphatic heterocycles. The van der Waals surface area contributed by atoms with Gasteiger partial charge in [-0.1, -0.05) is 11.6 Å².